The van der Waals surface area contributed by atoms with Crippen molar-refractivity contribution < 1.29 is 18.4 Å². The maximum Gasteiger partial charge on any atom is 0.335 e. The minimum absolute atomic E-state index is 0.0125. The van der Waals surface area contributed by atoms with Crippen LogP contribution in [0.5, 0.6) is 0 Å². The summed E-state index contributed by atoms with van der Waals surface area (Å²) in [6.45, 7) is 0. The second-order valence-corrected chi connectivity index (χ2v) is 4.04. The second kappa shape index (κ2) is 6.61. The molecule has 0 saturated carbocycles. The van der Waals surface area contributed by atoms with E-state index in [4.69, 9.17) is 11.0 Å². The topological polar surface area (TPSA) is 87.2 Å². The zero-order valence-corrected chi connectivity index (χ0v) is 10.4. The van der Waals surface area contributed by atoms with Crippen molar-refractivity contribution in [3.05, 3.63) is 42.3 Å². The highest BCUT2D eigenvalue weighted by molar-refractivity contribution is 5.99. The van der Waals surface area contributed by atoms with E-state index in [1.807, 2.05) is 0 Å². The Bertz CT molecular complexity index is 526. The molecule has 5 nitrogen and oxygen atoms in total. The third kappa shape index (κ3) is 4.65. The molecule has 0 unspecified atom stereocenters. The lowest BCUT2D eigenvalue weighted by molar-refractivity contribution is -0.123. The van der Waals surface area contributed by atoms with Crippen molar-refractivity contribution in [2.45, 2.75) is 18.8 Å². The number of amides is 3. The van der Waals surface area contributed by atoms with Gasteiger partial charge in [-0.15, -0.1) is 0 Å². The number of rotatable bonds is 5. The molecule has 0 atom stereocenters. The Morgan fingerprint density at radius 3 is 2.45 bits per heavy atom. The Labute approximate surface area is 114 Å². The lowest BCUT2D eigenvalue weighted by atomic mass is 10.0. The second-order valence-electron chi connectivity index (χ2n) is 4.04. The van der Waals surface area contributed by atoms with E-state index in [1.54, 1.807) is 30.3 Å². The number of carbonyl (C=O) groups is 2. The van der Waals surface area contributed by atoms with Crippen LogP contribution in [0, 0.1) is 17.9 Å². The van der Waals surface area contributed by atoms with Gasteiger partial charge < -0.3 is 5.73 Å². The highest BCUT2D eigenvalue weighted by Crippen LogP contribution is 2.25. The van der Waals surface area contributed by atoms with Crippen molar-refractivity contribution in [3.8, 4) is 6.19 Å². The minimum Gasteiger partial charge on any atom is -0.350 e. The van der Waals surface area contributed by atoms with Gasteiger partial charge in [-0.3, -0.25) is 4.79 Å². The van der Waals surface area contributed by atoms with Crippen molar-refractivity contribution in [3.63, 3.8) is 0 Å². The average molecular weight is 280 g/mol. The SMILES string of the molecule is N#CN(C(N)=O)C(=O)[CH]CC(F)(F)Cc1ccccc1. The molecular weight excluding hydrogens is 268 g/mol. The molecule has 0 aliphatic heterocycles. The number of nitrogens with two attached hydrogens (primary N) is 1. The van der Waals surface area contributed by atoms with Gasteiger partial charge in [0.1, 0.15) is 0 Å². The first-order valence-electron chi connectivity index (χ1n) is 5.64. The van der Waals surface area contributed by atoms with Crippen LogP contribution in [0.25, 0.3) is 0 Å². The number of benzene rings is 1. The van der Waals surface area contributed by atoms with Crippen molar-refractivity contribution in [2.75, 3.05) is 0 Å². The monoisotopic (exact) mass is 280 g/mol. The van der Waals surface area contributed by atoms with Crippen LogP contribution in [0.15, 0.2) is 30.3 Å². The molecule has 0 aromatic heterocycles. The van der Waals surface area contributed by atoms with Crippen LogP contribution in [-0.4, -0.2) is 22.8 Å². The van der Waals surface area contributed by atoms with Crippen molar-refractivity contribution >= 4 is 11.9 Å². The molecule has 0 fully saturated rings. The fourth-order valence-electron chi connectivity index (χ4n) is 1.50. The van der Waals surface area contributed by atoms with Gasteiger partial charge >= 0.3 is 6.03 Å². The molecule has 7 heteroatoms. The summed E-state index contributed by atoms with van der Waals surface area (Å²) in [4.78, 5) is 22.0. The van der Waals surface area contributed by atoms with Crippen molar-refractivity contribution in [2.24, 2.45) is 5.73 Å². The molecule has 2 N–H and O–H groups in total. The summed E-state index contributed by atoms with van der Waals surface area (Å²) < 4.78 is 27.3. The third-order valence-corrected chi connectivity index (χ3v) is 2.42. The molecular formula is C13H12F2N3O2. The molecule has 1 rings (SSSR count). The molecule has 20 heavy (non-hydrogen) atoms. The maximum absolute atomic E-state index is 13.6. The van der Waals surface area contributed by atoms with Crippen LogP contribution >= 0.6 is 0 Å². The van der Waals surface area contributed by atoms with Crippen LogP contribution in [0.3, 0.4) is 0 Å². The van der Waals surface area contributed by atoms with Crippen LogP contribution in [0.2, 0.25) is 0 Å². The standard InChI is InChI=1S/C13H12F2N3O2/c14-13(15,8-10-4-2-1-3-5-10)7-6-11(19)18(9-16)12(17)20/h1-6H,7-8H2,(H2,17,20). The number of imide groups is 1. The molecule has 3 amide bonds. The van der Waals surface area contributed by atoms with E-state index in [-0.39, 0.29) is 4.90 Å². The van der Waals surface area contributed by atoms with E-state index < -0.39 is 30.7 Å². The summed E-state index contributed by atoms with van der Waals surface area (Å²) in [5.41, 5.74) is 5.17. The predicted octanol–water partition coefficient (Wildman–Crippen LogP) is 1.85. The minimum atomic E-state index is -3.16. The van der Waals surface area contributed by atoms with E-state index in [9.17, 15) is 18.4 Å². The fraction of sp³-hybridized carbons (Fsp3) is 0.231. The summed E-state index contributed by atoms with van der Waals surface area (Å²) in [7, 11) is 0. The number of nitriles is 1. The molecule has 105 valence electrons. The summed E-state index contributed by atoms with van der Waals surface area (Å²) in [6, 6.07) is 6.74. The van der Waals surface area contributed by atoms with Gasteiger partial charge in [0.05, 0.1) is 6.42 Å². The first-order chi connectivity index (χ1) is 9.35. The smallest absolute Gasteiger partial charge is 0.335 e. The van der Waals surface area contributed by atoms with Crippen LogP contribution in [0.1, 0.15) is 12.0 Å². The Morgan fingerprint density at radius 1 is 1.35 bits per heavy atom. The summed E-state index contributed by atoms with van der Waals surface area (Å²) in [5.74, 6) is -4.32. The van der Waals surface area contributed by atoms with E-state index in [1.165, 1.54) is 6.19 Å². The Hall–Kier alpha value is -2.49. The first kappa shape index (κ1) is 15.6. The van der Waals surface area contributed by atoms with E-state index in [0.717, 1.165) is 0 Å². The molecule has 0 heterocycles. The van der Waals surface area contributed by atoms with Gasteiger partial charge in [0.15, 0.2) is 6.19 Å². The highest BCUT2D eigenvalue weighted by Gasteiger charge is 2.31. The first-order valence-corrected chi connectivity index (χ1v) is 5.64. The summed E-state index contributed by atoms with van der Waals surface area (Å²) in [6.07, 6.45) is 0.377. The van der Waals surface area contributed by atoms with Crippen molar-refractivity contribution in [1.82, 2.24) is 4.90 Å². The number of hydrogen-bond donors (Lipinski definition) is 1. The Morgan fingerprint density at radius 2 is 1.95 bits per heavy atom. The highest BCUT2D eigenvalue weighted by atomic mass is 19.3. The maximum atomic E-state index is 13.6. The quantitative estimate of drug-likeness (QED) is 0.659. The van der Waals surface area contributed by atoms with Gasteiger partial charge in [-0.25, -0.2) is 13.6 Å². The zero-order valence-electron chi connectivity index (χ0n) is 10.4. The Balaban J connectivity index is 2.57. The van der Waals surface area contributed by atoms with Gasteiger partial charge in [0, 0.05) is 12.8 Å². The van der Waals surface area contributed by atoms with E-state index in [0.29, 0.717) is 12.0 Å². The van der Waals surface area contributed by atoms with Crippen LogP contribution in [0.4, 0.5) is 13.6 Å². The Kier molecular flexibility index (Phi) is 5.15. The summed E-state index contributed by atoms with van der Waals surface area (Å²) >= 11 is 0. The lowest BCUT2D eigenvalue weighted by Crippen LogP contribution is -2.38. The number of hydrogen-bond acceptors (Lipinski definition) is 3. The van der Waals surface area contributed by atoms with Gasteiger partial charge in [-0.05, 0) is 5.56 Å². The molecule has 1 radical (unpaired) electrons. The average Bonchev–Trinajstić information content (AvgIpc) is 2.37. The van der Waals surface area contributed by atoms with Gasteiger partial charge in [-0.2, -0.15) is 10.2 Å². The number of alkyl halides is 2. The predicted molar refractivity (Wildman–Crippen MR) is 66.1 cm³/mol. The number of urea groups is 1. The molecule has 0 aliphatic rings. The van der Waals surface area contributed by atoms with Crippen molar-refractivity contribution in [1.29, 1.82) is 5.26 Å². The zero-order chi connectivity index (χ0) is 15.2. The molecule has 1 aromatic carbocycles. The number of nitrogens with zero attached hydrogens (tertiary/aromatic N) is 2. The van der Waals surface area contributed by atoms with E-state index in [2.05, 4.69) is 0 Å². The molecule has 0 saturated heterocycles. The molecule has 0 spiro atoms. The lowest BCUT2D eigenvalue weighted by Gasteiger charge is -2.16. The van der Waals surface area contributed by atoms with Crippen LogP contribution in [-0.2, 0) is 11.2 Å². The largest absolute Gasteiger partial charge is 0.350 e. The number of halogens is 2. The van der Waals surface area contributed by atoms with Gasteiger partial charge in [-0.1, -0.05) is 30.3 Å². The molecule has 0 aliphatic carbocycles. The van der Waals surface area contributed by atoms with Gasteiger partial charge in [0.2, 0.25) is 5.91 Å². The molecule has 1 aromatic rings. The normalized spacial score (nSPS) is 10.7. The van der Waals surface area contributed by atoms with Gasteiger partial charge in [0.25, 0.3) is 5.92 Å². The number of primary amides is 1. The fourth-order valence-corrected chi connectivity index (χ4v) is 1.50. The summed E-state index contributed by atoms with van der Waals surface area (Å²) in [5, 5.41) is 8.48. The number of carbonyl (C=O) groups excluding carboxylic acids is 2. The molecule has 0 bridgehead atoms. The van der Waals surface area contributed by atoms with E-state index >= 15 is 0 Å². The third-order valence-electron chi connectivity index (χ3n) is 2.42. The van der Waals surface area contributed by atoms with Crippen LogP contribution < -0.4 is 5.73 Å².